The van der Waals surface area contributed by atoms with E-state index < -0.39 is 0 Å². The van der Waals surface area contributed by atoms with Crippen LogP contribution < -0.4 is 0 Å². The Morgan fingerprint density at radius 1 is 1.16 bits per heavy atom. The fourth-order valence-corrected chi connectivity index (χ4v) is 1.75. The summed E-state index contributed by atoms with van der Waals surface area (Å²) in [5, 5.41) is 0. The van der Waals surface area contributed by atoms with Crippen LogP contribution in [0.2, 0.25) is 0 Å². The smallest absolute Gasteiger partial charge is 0.314 e. The van der Waals surface area contributed by atoms with Crippen molar-refractivity contribution in [2.45, 2.75) is 74.1 Å². The van der Waals surface area contributed by atoms with Crippen LogP contribution in [0.4, 0.5) is 0 Å². The van der Waals surface area contributed by atoms with Crippen molar-refractivity contribution < 1.29 is 9.53 Å². The summed E-state index contributed by atoms with van der Waals surface area (Å²) in [4.78, 5) is 12.1. The van der Waals surface area contributed by atoms with E-state index in [1.165, 1.54) is 12.8 Å². The highest BCUT2D eigenvalue weighted by Gasteiger charge is 2.28. The van der Waals surface area contributed by atoms with E-state index in [0.29, 0.717) is 5.92 Å². The molecule has 1 unspecified atom stereocenters. The van der Waals surface area contributed by atoms with Crippen molar-refractivity contribution in [3.63, 3.8) is 0 Å². The molecule has 19 heavy (non-hydrogen) atoms. The molecular formula is C17H32O2. The lowest BCUT2D eigenvalue weighted by Crippen LogP contribution is -2.27. The molecular weight excluding hydrogens is 236 g/mol. The molecule has 0 radical (unpaired) electrons. The van der Waals surface area contributed by atoms with Gasteiger partial charge in [0, 0.05) is 6.42 Å². The third-order valence-electron chi connectivity index (χ3n) is 4.07. The zero-order chi connectivity index (χ0) is 15.1. The maximum absolute atomic E-state index is 12.1. The number of hydrogen-bond donors (Lipinski definition) is 0. The first-order valence-electron chi connectivity index (χ1n) is 7.66. The van der Waals surface area contributed by atoms with E-state index in [1.807, 2.05) is 13.8 Å². The average Bonchev–Trinajstić information content (AvgIpc) is 2.36. The summed E-state index contributed by atoms with van der Waals surface area (Å²) >= 11 is 0. The van der Waals surface area contributed by atoms with Crippen LogP contribution in [0.5, 0.6) is 0 Å². The topological polar surface area (TPSA) is 26.3 Å². The monoisotopic (exact) mass is 268 g/mol. The molecule has 0 aromatic rings. The molecule has 0 bridgehead atoms. The van der Waals surface area contributed by atoms with E-state index in [1.54, 1.807) is 0 Å². The predicted octanol–water partition coefficient (Wildman–Crippen LogP) is 5.33. The Morgan fingerprint density at radius 3 is 2.05 bits per heavy atom. The maximum Gasteiger partial charge on any atom is 0.314 e. The summed E-state index contributed by atoms with van der Waals surface area (Å²) in [5.74, 6) is 1.33. The van der Waals surface area contributed by atoms with Crippen LogP contribution in [0, 0.1) is 17.3 Å². The Kier molecular flexibility index (Phi) is 8.05. The normalized spacial score (nSPS) is 14.6. The molecule has 112 valence electrons. The first-order valence-corrected chi connectivity index (χ1v) is 7.66. The van der Waals surface area contributed by atoms with E-state index in [-0.39, 0.29) is 17.3 Å². The summed E-state index contributed by atoms with van der Waals surface area (Å²) in [5.41, 5.74) is -0.0503. The van der Waals surface area contributed by atoms with E-state index in [2.05, 4.69) is 40.7 Å². The van der Waals surface area contributed by atoms with Crippen molar-refractivity contribution in [2.75, 3.05) is 0 Å². The molecule has 0 aliphatic rings. The van der Waals surface area contributed by atoms with E-state index in [9.17, 15) is 4.79 Å². The molecule has 2 nitrogen and oxygen atoms in total. The van der Waals surface area contributed by atoms with Crippen LogP contribution >= 0.6 is 0 Å². The molecule has 0 fully saturated rings. The SMILES string of the molecule is CC/C(=C/CC(CC)CC)OC(=O)C(C)C(C)(C)C. The number of allylic oxidation sites excluding steroid dienone is 2. The second-order valence-electron chi connectivity index (χ2n) is 6.45. The molecule has 0 N–H and O–H groups in total. The Morgan fingerprint density at radius 2 is 1.68 bits per heavy atom. The molecule has 0 rings (SSSR count). The molecule has 0 saturated carbocycles. The molecule has 1 atom stereocenters. The van der Waals surface area contributed by atoms with Gasteiger partial charge in [-0.1, -0.05) is 61.3 Å². The minimum atomic E-state index is -0.106. The van der Waals surface area contributed by atoms with Crippen LogP contribution in [0.3, 0.4) is 0 Å². The molecule has 0 spiro atoms. The number of carbonyl (C=O) groups excluding carboxylic acids is 1. The van der Waals surface area contributed by atoms with Crippen molar-refractivity contribution in [2.24, 2.45) is 17.3 Å². The molecule has 0 saturated heterocycles. The minimum absolute atomic E-state index is 0.0503. The lowest BCUT2D eigenvalue weighted by Gasteiger charge is -2.25. The number of hydrogen-bond acceptors (Lipinski definition) is 2. The third-order valence-corrected chi connectivity index (χ3v) is 4.07. The molecule has 0 amide bonds. The summed E-state index contributed by atoms with van der Waals surface area (Å²) in [7, 11) is 0. The van der Waals surface area contributed by atoms with Crippen LogP contribution in [0.1, 0.15) is 74.1 Å². The lowest BCUT2D eigenvalue weighted by molar-refractivity contribution is -0.147. The number of carbonyl (C=O) groups is 1. The van der Waals surface area contributed by atoms with Crippen molar-refractivity contribution in [1.82, 2.24) is 0 Å². The molecule has 0 aromatic carbocycles. The first-order chi connectivity index (χ1) is 8.76. The van der Waals surface area contributed by atoms with Gasteiger partial charge in [-0.2, -0.15) is 0 Å². The largest absolute Gasteiger partial charge is 0.431 e. The zero-order valence-corrected chi connectivity index (χ0v) is 13.9. The Bertz CT molecular complexity index is 293. The highest BCUT2D eigenvalue weighted by Crippen LogP contribution is 2.27. The standard InChI is InChI=1S/C17H32O2/c1-8-14(9-2)11-12-15(10-3)19-16(18)13(4)17(5,6)7/h12-14H,8-11H2,1-7H3/b15-12-. The number of rotatable bonds is 7. The Hall–Kier alpha value is -0.790. The molecule has 0 aliphatic heterocycles. The van der Waals surface area contributed by atoms with Gasteiger partial charge in [0.15, 0.2) is 0 Å². The van der Waals surface area contributed by atoms with Crippen molar-refractivity contribution in [3.8, 4) is 0 Å². The van der Waals surface area contributed by atoms with Crippen molar-refractivity contribution in [3.05, 3.63) is 11.8 Å². The summed E-state index contributed by atoms with van der Waals surface area (Å²) in [6, 6.07) is 0. The summed E-state index contributed by atoms with van der Waals surface area (Å²) in [6.45, 7) is 14.6. The Balaban J connectivity index is 4.56. The van der Waals surface area contributed by atoms with Gasteiger partial charge in [0.05, 0.1) is 5.92 Å². The fourth-order valence-electron chi connectivity index (χ4n) is 1.75. The van der Waals surface area contributed by atoms with Gasteiger partial charge < -0.3 is 4.74 Å². The van der Waals surface area contributed by atoms with Crippen LogP contribution in [0.25, 0.3) is 0 Å². The maximum atomic E-state index is 12.1. The second kappa shape index (κ2) is 8.39. The van der Waals surface area contributed by atoms with Crippen LogP contribution in [-0.2, 0) is 9.53 Å². The summed E-state index contributed by atoms with van der Waals surface area (Å²) in [6.07, 6.45) is 6.24. The molecule has 0 aliphatic carbocycles. The van der Waals surface area contributed by atoms with Crippen LogP contribution in [0.15, 0.2) is 11.8 Å². The van der Waals surface area contributed by atoms with Crippen molar-refractivity contribution >= 4 is 5.97 Å². The van der Waals surface area contributed by atoms with Gasteiger partial charge >= 0.3 is 5.97 Å². The molecule has 0 heterocycles. The molecule has 2 heteroatoms. The highest BCUT2D eigenvalue weighted by molar-refractivity contribution is 5.73. The predicted molar refractivity (Wildman–Crippen MR) is 81.8 cm³/mol. The van der Waals surface area contributed by atoms with Gasteiger partial charge in [0.1, 0.15) is 5.76 Å². The van der Waals surface area contributed by atoms with E-state index >= 15 is 0 Å². The third kappa shape index (κ3) is 6.79. The highest BCUT2D eigenvalue weighted by atomic mass is 16.5. The van der Waals surface area contributed by atoms with Gasteiger partial charge in [0.2, 0.25) is 0 Å². The molecule has 0 aromatic heterocycles. The number of ether oxygens (including phenoxy) is 1. The van der Waals surface area contributed by atoms with Gasteiger partial charge in [-0.25, -0.2) is 0 Å². The number of esters is 1. The van der Waals surface area contributed by atoms with Gasteiger partial charge in [0.25, 0.3) is 0 Å². The quantitative estimate of drug-likeness (QED) is 0.460. The van der Waals surface area contributed by atoms with E-state index in [4.69, 9.17) is 4.74 Å². The van der Waals surface area contributed by atoms with E-state index in [0.717, 1.165) is 18.6 Å². The van der Waals surface area contributed by atoms with Crippen LogP contribution in [-0.4, -0.2) is 5.97 Å². The lowest BCUT2D eigenvalue weighted by atomic mass is 9.82. The minimum Gasteiger partial charge on any atom is -0.431 e. The van der Waals surface area contributed by atoms with Gasteiger partial charge in [-0.15, -0.1) is 0 Å². The van der Waals surface area contributed by atoms with Crippen molar-refractivity contribution in [1.29, 1.82) is 0 Å². The fraction of sp³-hybridized carbons (Fsp3) is 0.824. The average molecular weight is 268 g/mol. The van der Waals surface area contributed by atoms with Gasteiger partial charge in [-0.05, 0) is 23.8 Å². The Labute approximate surface area is 119 Å². The van der Waals surface area contributed by atoms with Gasteiger partial charge in [-0.3, -0.25) is 4.79 Å². The second-order valence-corrected chi connectivity index (χ2v) is 6.45. The summed E-state index contributed by atoms with van der Waals surface area (Å²) < 4.78 is 5.55. The zero-order valence-electron chi connectivity index (χ0n) is 13.9. The first kappa shape index (κ1) is 18.2.